The number of carbonyl (C=O) groups excluding carboxylic acids is 1. The van der Waals surface area contributed by atoms with Crippen molar-refractivity contribution in [2.45, 2.75) is 20.3 Å². The average Bonchev–Trinajstić information content (AvgIpc) is 2.43. The van der Waals surface area contributed by atoms with Gasteiger partial charge in [-0.2, -0.15) is 0 Å². The van der Waals surface area contributed by atoms with Gasteiger partial charge in [0, 0.05) is 17.6 Å². The number of carbonyl (C=O) groups is 1. The van der Waals surface area contributed by atoms with Crippen LogP contribution in [0.25, 0.3) is 0 Å². The van der Waals surface area contributed by atoms with Crippen molar-refractivity contribution >= 4 is 40.5 Å². The van der Waals surface area contributed by atoms with Crippen LogP contribution >= 0.6 is 23.2 Å². The lowest BCUT2D eigenvalue weighted by Crippen LogP contribution is -2.23. The van der Waals surface area contributed by atoms with E-state index in [1.807, 2.05) is 18.2 Å². The number of nitrogens with zero attached hydrogens (tertiary/aromatic N) is 1. The average molecular weight is 308 g/mol. The van der Waals surface area contributed by atoms with Gasteiger partial charge in [-0.1, -0.05) is 36.2 Å². The highest BCUT2D eigenvalue weighted by Gasteiger charge is 2.17. The van der Waals surface area contributed by atoms with Crippen LogP contribution in [0.3, 0.4) is 0 Å². The number of halogens is 2. The quantitative estimate of drug-likeness (QED) is 0.759. The number of amides is 1. The molecule has 0 heterocycles. The highest BCUT2D eigenvalue weighted by atomic mass is 35.5. The fourth-order valence-corrected chi connectivity index (χ4v) is 2.36. The van der Waals surface area contributed by atoms with Gasteiger partial charge >= 0.3 is 0 Å². The van der Waals surface area contributed by atoms with Crippen LogP contribution in [0.2, 0.25) is 10.0 Å². The second kappa shape index (κ2) is 6.29. The summed E-state index contributed by atoms with van der Waals surface area (Å²) in [5.41, 5.74) is 2.57. The minimum absolute atomic E-state index is 0.0949. The summed E-state index contributed by atoms with van der Waals surface area (Å²) in [7, 11) is 0. The number of anilines is 2. The van der Waals surface area contributed by atoms with Gasteiger partial charge in [-0.3, -0.25) is 9.69 Å². The molecular weight excluding hydrogens is 293 g/mol. The zero-order chi connectivity index (χ0) is 14.7. The maximum atomic E-state index is 12.0. The number of rotatable bonds is 3. The van der Waals surface area contributed by atoms with E-state index in [2.05, 4.69) is 6.92 Å². The summed E-state index contributed by atoms with van der Waals surface area (Å²) in [5.74, 6) is -0.0949. The molecule has 2 aromatic carbocycles. The van der Waals surface area contributed by atoms with Gasteiger partial charge in [-0.05, 0) is 48.4 Å². The van der Waals surface area contributed by atoms with E-state index in [1.165, 1.54) is 6.92 Å². The molecule has 0 unspecified atom stereocenters. The lowest BCUT2D eigenvalue weighted by atomic mass is 10.1. The second-order valence-electron chi connectivity index (χ2n) is 4.47. The first-order valence-electron chi connectivity index (χ1n) is 6.37. The van der Waals surface area contributed by atoms with E-state index < -0.39 is 0 Å². The van der Waals surface area contributed by atoms with Crippen molar-refractivity contribution in [3.63, 3.8) is 0 Å². The van der Waals surface area contributed by atoms with Crippen molar-refractivity contribution in [3.05, 3.63) is 58.1 Å². The van der Waals surface area contributed by atoms with Crippen LogP contribution in [0.4, 0.5) is 11.4 Å². The Labute approximate surface area is 128 Å². The van der Waals surface area contributed by atoms with Crippen molar-refractivity contribution in [1.82, 2.24) is 0 Å². The molecule has 20 heavy (non-hydrogen) atoms. The zero-order valence-electron chi connectivity index (χ0n) is 11.4. The molecule has 2 rings (SSSR count). The van der Waals surface area contributed by atoms with E-state index in [0.29, 0.717) is 15.7 Å². The van der Waals surface area contributed by atoms with Crippen molar-refractivity contribution in [2.75, 3.05) is 4.90 Å². The Balaban J connectivity index is 2.53. The van der Waals surface area contributed by atoms with E-state index in [4.69, 9.17) is 23.2 Å². The van der Waals surface area contributed by atoms with E-state index in [-0.39, 0.29) is 5.91 Å². The van der Waals surface area contributed by atoms with Crippen LogP contribution in [-0.4, -0.2) is 5.91 Å². The van der Waals surface area contributed by atoms with E-state index in [1.54, 1.807) is 29.2 Å². The summed E-state index contributed by atoms with van der Waals surface area (Å²) < 4.78 is 0. The van der Waals surface area contributed by atoms with Gasteiger partial charge in [-0.25, -0.2) is 0 Å². The molecule has 0 aliphatic carbocycles. The lowest BCUT2D eigenvalue weighted by molar-refractivity contribution is -0.115. The third kappa shape index (κ3) is 3.14. The van der Waals surface area contributed by atoms with Crippen LogP contribution in [0.15, 0.2) is 42.5 Å². The Morgan fingerprint density at radius 2 is 1.75 bits per heavy atom. The monoisotopic (exact) mass is 307 g/mol. The smallest absolute Gasteiger partial charge is 0.228 e. The van der Waals surface area contributed by atoms with Gasteiger partial charge in [0.2, 0.25) is 5.91 Å². The maximum Gasteiger partial charge on any atom is 0.228 e. The van der Waals surface area contributed by atoms with Gasteiger partial charge in [0.1, 0.15) is 0 Å². The second-order valence-corrected chi connectivity index (χ2v) is 5.31. The molecule has 1 amide bonds. The van der Waals surface area contributed by atoms with Crippen molar-refractivity contribution in [1.29, 1.82) is 0 Å². The molecule has 2 aromatic rings. The molecule has 0 aliphatic heterocycles. The zero-order valence-corrected chi connectivity index (χ0v) is 12.9. The fraction of sp³-hybridized carbons (Fsp3) is 0.188. The number of aryl methyl sites for hydroxylation is 1. The SMILES string of the molecule is CCc1ccc(Cl)c(N(C(C)=O)c2ccc(Cl)cc2)c1. The van der Waals surface area contributed by atoms with Crippen LogP contribution in [0, 0.1) is 0 Å². The summed E-state index contributed by atoms with van der Waals surface area (Å²) in [6.45, 7) is 3.58. The van der Waals surface area contributed by atoms with Gasteiger partial charge in [0.25, 0.3) is 0 Å². The molecule has 0 bridgehead atoms. The first-order valence-corrected chi connectivity index (χ1v) is 7.13. The van der Waals surface area contributed by atoms with Gasteiger partial charge in [0.15, 0.2) is 0 Å². The summed E-state index contributed by atoms with van der Waals surface area (Å²) in [6, 6.07) is 12.8. The Morgan fingerprint density at radius 1 is 1.10 bits per heavy atom. The first-order chi connectivity index (χ1) is 9.52. The molecule has 0 saturated carbocycles. The standard InChI is InChI=1S/C16H15Cl2NO/c1-3-12-4-9-15(18)16(10-12)19(11(2)20)14-7-5-13(17)6-8-14/h4-10H,3H2,1-2H3. The van der Waals surface area contributed by atoms with Crippen molar-refractivity contribution in [3.8, 4) is 0 Å². The highest BCUT2D eigenvalue weighted by molar-refractivity contribution is 6.34. The summed E-state index contributed by atoms with van der Waals surface area (Å²) in [6.07, 6.45) is 0.885. The molecule has 0 fully saturated rings. The Morgan fingerprint density at radius 3 is 2.30 bits per heavy atom. The largest absolute Gasteiger partial charge is 0.280 e. The van der Waals surface area contributed by atoms with Gasteiger partial charge < -0.3 is 0 Å². The third-order valence-corrected chi connectivity index (χ3v) is 3.63. The molecule has 0 radical (unpaired) electrons. The molecule has 0 aliphatic rings. The molecule has 0 atom stereocenters. The number of benzene rings is 2. The summed E-state index contributed by atoms with van der Waals surface area (Å²) in [5, 5.41) is 1.18. The molecule has 104 valence electrons. The Hall–Kier alpha value is -1.51. The van der Waals surface area contributed by atoms with Crippen molar-refractivity contribution < 1.29 is 4.79 Å². The first kappa shape index (κ1) is 14.9. The van der Waals surface area contributed by atoms with Crippen LogP contribution in [-0.2, 0) is 11.2 Å². The lowest BCUT2D eigenvalue weighted by Gasteiger charge is -2.23. The minimum atomic E-state index is -0.0949. The van der Waals surface area contributed by atoms with Crippen LogP contribution in [0.5, 0.6) is 0 Å². The molecule has 0 saturated heterocycles. The summed E-state index contributed by atoms with van der Waals surface area (Å²) >= 11 is 12.1. The molecule has 2 nitrogen and oxygen atoms in total. The van der Waals surface area contributed by atoms with Gasteiger partial charge in [-0.15, -0.1) is 0 Å². The molecule has 0 spiro atoms. The normalized spacial score (nSPS) is 10.4. The number of hydrogen-bond acceptors (Lipinski definition) is 1. The maximum absolute atomic E-state index is 12.0. The van der Waals surface area contributed by atoms with E-state index in [9.17, 15) is 4.79 Å². The molecular formula is C16H15Cl2NO. The van der Waals surface area contributed by atoms with Crippen LogP contribution < -0.4 is 4.90 Å². The van der Waals surface area contributed by atoms with Crippen molar-refractivity contribution in [2.24, 2.45) is 0 Å². The Kier molecular flexibility index (Phi) is 4.69. The Bertz CT molecular complexity index is 623. The predicted octanol–water partition coefficient (Wildman–Crippen LogP) is 5.24. The van der Waals surface area contributed by atoms with E-state index >= 15 is 0 Å². The molecule has 0 N–H and O–H groups in total. The topological polar surface area (TPSA) is 20.3 Å². The highest BCUT2D eigenvalue weighted by Crippen LogP contribution is 2.33. The van der Waals surface area contributed by atoms with Crippen LogP contribution in [0.1, 0.15) is 19.4 Å². The minimum Gasteiger partial charge on any atom is -0.280 e. The fourth-order valence-electron chi connectivity index (χ4n) is 2.03. The summed E-state index contributed by atoms with van der Waals surface area (Å²) in [4.78, 5) is 13.6. The predicted molar refractivity (Wildman–Crippen MR) is 85.1 cm³/mol. The third-order valence-electron chi connectivity index (χ3n) is 3.06. The molecule has 0 aromatic heterocycles. The van der Waals surface area contributed by atoms with Gasteiger partial charge in [0.05, 0.1) is 10.7 Å². The van der Waals surface area contributed by atoms with E-state index in [0.717, 1.165) is 17.7 Å². The number of hydrogen-bond donors (Lipinski definition) is 0. The molecule has 4 heteroatoms.